The molecule has 5 nitrogen and oxygen atoms in total. The number of carbonyl (C=O) groups excluding carboxylic acids is 1. The zero-order chi connectivity index (χ0) is 17.6. The molecule has 128 valence electrons. The molecule has 1 aromatic heterocycles. The lowest BCUT2D eigenvalue weighted by molar-refractivity contribution is 0.102. The van der Waals surface area contributed by atoms with Crippen molar-refractivity contribution >= 4 is 22.9 Å². The minimum Gasteiger partial charge on any atom is -0.495 e. The lowest BCUT2D eigenvalue weighted by Crippen LogP contribution is -2.13. The Morgan fingerprint density at radius 3 is 2.72 bits per heavy atom. The number of hydrogen-bond donors (Lipinski definition) is 1. The van der Waals surface area contributed by atoms with Gasteiger partial charge in [-0.3, -0.25) is 4.79 Å². The molecular formula is C18H15FN2O3S. The van der Waals surface area contributed by atoms with E-state index in [-0.39, 0.29) is 18.3 Å². The van der Waals surface area contributed by atoms with Crippen molar-refractivity contribution in [3.8, 4) is 11.5 Å². The molecule has 0 fully saturated rings. The molecule has 0 aliphatic carbocycles. The summed E-state index contributed by atoms with van der Waals surface area (Å²) in [4.78, 5) is 16.6. The van der Waals surface area contributed by atoms with E-state index in [1.807, 2.05) is 6.07 Å². The Morgan fingerprint density at radius 1 is 1.20 bits per heavy atom. The number of ether oxygens (including phenoxy) is 2. The number of hydrogen-bond acceptors (Lipinski definition) is 5. The molecule has 0 aliphatic heterocycles. The van der Waals surface area contributed by atoms with Gasteiger partial charge in [0.1, 0.15) is 34.6 Å². The van der Waals surface area contributed by atoms with E-state index >= 15 is 0 Å². The van der Waals surface area contributed by atoms with Crippen LogP contribution in [-0.2, 0) is 6.61 Å². The topological polar surface area (TPSA) is 60.5 Å². The fraction of sp³-hybridized carbons (Fsp3) is 0.111. The first-order chi connectivity index (χ1) is 12.2. The molecule has 1 N–H and O–H groups in total. The van der Waals surface area contributed by atoms with Crippen LogP contribution in [0.25, 0.3) is 0 Å². The van der Waals surface area contributed by atoms with Crippen molar-refractivity contribution in [1.82, 2.24) is 4.98 Å². The van der Waals surface area contributed by atoms with E-state index in [0.717, 1.165) is 0 Å². The summed E-state index contributed by atoms with van der Waals surface area (Å²) in [5, 5.41) is 5.08. The molecule has 3 aromatic rings. The molecule has 2 aromatic carbocycles. The summed E-state index contributed by atoms with van der Waals surface area (Å²) in [5.74, 6) is 0.466. The van der Waals surface area contributed by atoms with Gasteiger partial charge >= 0.3 is 0 Å². The van der Waals surface area contributed by atoms with E-state index in [0.29, 0.717) is 27.9 Å². The summed E-state index contributed by atoms with van der Waals surface area (Å²) in [6.45, 7) is 0.207. The van der Waals surface area contributed by atoms with E-state index in [1.165, 1.54) is 35.6 Å². The van der Waals surface area contributed by atoms with Crippen molar-refractivity contribution < 1.29 is 18.7 Å². The zero-order valence-electron chi connectivity index (χ0n) is 13.4. The predicted octanol–water partition coefficient (Wildman–Crippen LogP) is 4.12. The van der Waals surface area contributed by atoms with E-state index < -0.39 is 0 Å². The van der Waals surface area contributed by atoms with Crippen LogP contribution >= 0.6 is 11.3 Å². The number of anilines is 1. The van der Waals surface area contributed by atoms with E-state index in [9.17, 15) is 9.18 Å². The number of rotatable bonds is 6. The number of methoxy groups -OCH3 is 1. The van der Waals surface area contributed by atoms with Gasteiger partial charge < -0.3 is 14.8 Å². The summed E-state index contributed by atoms with van der Waals surface area (Å²) in [5.41, 5.74) is 0.876. The minimum absolute atomic E-state index is 0.207. The number of amides is 1. The molecule has 3 rings (SSSR count). The molecular weight excluding hydrogens is 343 g/mol. The smallest absolute Gasteiger partial charge is 0.275 e. The quantitative estimate of drug-likeness (QED) is 0.720. The molecule has 7 heteroatoms. The summed E-state index contributed by atoms with van der Waals surface area (Å²) in [7, 11) is 1.54. The van der Waals surface area contributed by atoms with Crippen LogP contribution in [0.15, 0.2) is 53.9 Å². The van der Waals surface area contributed by atoms with Gasteiger partial charge in [0.25, 0.3) is 5.91 Å². The average molecular weight is 358 g/mol. The highest BCUT2D eigenvalue weighted by Gasteiger charge is 2.13. The van der Waals surface area contributed by atoms with Crippen LogP contribution < -0.4 is 14.8 Å². The second-order valence-corrected chi connectivity index (χ2v) is 5.97. The van der Waals surface area contributed by atoms with Crippen LogP contribution in [0.5, 0.6) is 11.5 Å². The number of benzene rings is 2. The van der Waals surface area contributed by atoms with Crippen LogP contribution in [0.1, 0.15) is 15.5 Å². The molecule has 25 heavy (non-hydrogen) atoms. The fourth-order valence-corrected chi connectivity index (χ4v) is 2.78. The molecule has 0 saturated carbocycles. The molecule has 1 heterocycles. The molecule has 0 unspecified atom stereocenters. The highest BCUT2D eigenvalue weighted by atomic mass is 32.1. The summed E-state index contributed by atoms with van der Waals surface area (Å²) in [6, 6.07) is 12.9. The van der Waals surface area contributed by atoms with Gasteiger partial charge in [-0.05, 0) is 36.4 Å². The Bertz CT molecular complexity index is 865. The maximum atomic E-state index is 12.9. The normalized spacial score (nSPS) is 10.3. The summed E-state index contributed by atoms with van der Waals surface area (Å²) in [6.07, 6.45) is 0. The number of aromatic nitrogens is 1. The van der Waals surface area contributed by atoms with Crippen molar-refractivity contribution in [3.05, 3.63) is 70.4 Å². The van der Waals surface area contributed by atoms with Crippen molar-refractivity contribution in [3.63, 3.8) is 0 Å². The molecule has 0 saturated heterocycles. The predicted molar refractivity (Wildman–Crippen MR) is 93.8 cm³/mol. The molecule has 0 bridgehead atoms. The molecule has 1 amide bonds. The van der Waals surface area contributed by atoms with E-state index in [2.05, 4.69) is 10.3 Å². The number of nitrogens with zero attached hydrogens (tertiary/aromatic N) is 1. The van der Waals surface area contributed by atoms with Gasteiger partial charge in [0.2, 0.25) is 0 Å². The summed E-state index contributed by atoms with van der Waals surface area (Å²) >= 11 is 1.32. The first kappa shape index (κ1) is 16.9. The number of thiazole rings is 1. The Hall–Kier alpha value is -2.93. The van der Waals surface area contributed by atoms with Gasteiger partial charge in [0, 0.05) is 5.38 Å². The van der Waals surface area contributed by atoms with Gasteiger partial charge in [-0.2, -0.15) is 0 Å². The Morgan fingerprint density at radius 2 is 1.96 bits per heavy atom. The van der Waals surface area contributed by atoms with Crippen LogP contribution in [-0.4, -0.2) is 18.0 Å². The molecule has 0 aliphatic rings. The molecule has 0 atom stereocenters. The Kier molecular flexibility index (Phi) is 5.25. The first-order valence-electron chi connectivity index (χ1n) is 7.43. The Labute approximate surface area is 148 Å². The van der Waals surface area contributed by atoms with Gasteiger partial charge in [-0.15, -0.1) is 11.3 Å². The van der Waals surface area contributed by atoms with Gasteiger partial charge in [-0.25, -0.2) is 9.37 Å². The van der Waals surface area contributed by atoms with Gasteiger partial charge in [0.15, 0.2) is 0 Å². The second-order valence-electron chi connectivity index (χ2n) is 5.02. The molecule has 0 radical (unpaired) electrons. The van der Waals surface area contributed by atoms with Crippen molar-refractivity contribution in [1.29, 1.82) is 0 Å². The SMILES string of the molecule is COc1ccccc1NC(=O)c1csc(COc2ccc(F)cc2)n1. The van der Waals surface area contributed by atoms with E-state index in [4.69, 9.17) is 9.47 Å². The number of nitrogens with one attached hydrogen (secondary N) is 1. The van der Waals surface area contributed by atoms with E-state index in [1.54, 1.807) is 30.7 Å². The maximum Gasteiger partial charge on any atom is 0.275 e. The number of halogens is 1. The minimum atomic E-state index is -0.325. The molecule has 0 spiro atoms. The maximum absolute atomic E-state index is 12.9. The lowest BCUT2D eigenvalue weighted by Gasteiger charge is -2.08. The van der Waals surface area contributed by atoms with Crippen LogP contribution in [0.3, 0.4) is 0 Å². The third-order valence-corrected chi connectivity index (χ3v) is 4.14. The third kappa shape index (κ3) is 4.33. The van der Waals surface area contributed by atoms with Crippen molar-refractivity contribution in [2.75, 3.05) is 12.4 Å². The number of para-hydroxylation sites is 2. The second kappa shape index (κ2) is 7.76. The first-order valence-corrected chi connectivity index (χ1v) is 8.31. The van der Waals surface area contributed by atoms with Gasteiger partial charge in [-0.1, -0.05) is 12.1 Å². The monoisotopic (exact) mass is 358 g/mol. The van der Waals surface area contributed by atoms with Crippen molar-refractivity contribution in [2.24, 2.45) is 0 Å². The van der Waals surface area contributed by atoms with Gasteiger partial charge in [0.05, 0.1) is 12.8 Å². The average Bonchev–Trinajstić information content (AvgIpc) is 3.11. The van der Waals surface area contributed by atoms with Crippen LogP contribution in [0.4, 0.5) is 10.1 Å². The Balaban J connectivity index is 1.62. The standard InChI is InChI=1S/C18H15FN2O3S/c1-23-16-5-3-2-4-14(16)21-18(22)15-11-25-17(20-15)10-24-13-8-6-12(19)7-9-13/h2-9,11H,10H2,1H3,(H,21,22). The summed E-state index contributed by atoms with van der Waals surface area (Å²) < 4.78 is 23.6. The van der Waals surface area contributed by atoms with Crippen LogP contribution in [0.2, 0.25) is 0 Å². The highest BCUT2D eigenvalue weighted by Crippen LogP contribution is 2.24. The fourth-order valence-electron chi connectivity index (χ4n) is 2.09. The zero-order valence-corrected chi connectivity index (χ0v) is 14.2. The van der Waals surface area contributed by atoms with Crippen LogP contribution in [0, 0.1) is 5.82 Å². The largest absolute Gasteiger partial charge is 0.495 e. The van der Waals surface area contributed by atoms with Crippen molar-refractivity contribution in [2.45, 2.75) is 6.61 Å². The highest BCUT2D eigenvalue weighted by molar-refractivity contribution is 7.09. The third-order valence-electron chi connectivity index (χ3n) is 3.32. The number of carbonyl (C=O) groups is 1. The lowest BCUT2D eigenvalue weighted by atomic mass is 10.3.